The van der Waals surface area contributed by atoms with Crippen molar-refractivity contribution in [3.63, 3.8) is 0 Å². The van der Waals surface area contributed by atoms with Crippen LogP contribution in [-0.4, -0.2) is 107 Å². The van der Waals surface area contributed by atoms with Crippen LogP contribution < -0.4 is 25.8 Å². The first kappa shape index (κ1) is 70.6. The number of fused-ring (bicyclic) bond motifs is 4. The quantitative estimate of drug-likeness (QED) is 0.0509. The Bertz CT molecular complexity index is 4630. The third-order valence-corrected chi connectivity index (χ3v) is 23.7. The molecule has 3 amide bonds. The number of hydrogen-bond acceptors (Lipinski definition) is 12. The van der Waals surface area contributed by atoms with Crippen molar-refractivity contribution in [3.8, 4) is 0 Å². The number of imidazole rings is 4. The number of hydrogen-bond donors (Lipinski definition) is 7. The summed E-state index contributed by atoms with van der Waals surface area (Å²) in [6.07, 6.45) is 11.8. The zero-order chi connectivity index (χ0) is 72.5. The van der Waals surface area contributed by atoms with E-state index in [1.54, 1.807) is 0 Å². The van der Waals surface area contributed by atoms with Crippen LogP contribution in [0, 0.1) is 17.8 Å². The van der Waals surface area contributed by atoms with Crippen molar-refractivity contribution in [1.29, 1.82) is 0 Å². The van der Waals surface area contributed by atoms with Gasteiger partial charge in [-0.05, 0) is 219 Å². The summed E-state index contributed by atoms with van der Waals surface area (Å²) in [7, 11) is 1.31. The number of carbonyl (C=O) groups excluding carboxylic acids is 3. The molecule has 16 rings (SSSR count). The van der Waals surface area contributed by atoms with Crippen LogP contribution in [0.5, 0.6) is 0 Å². The minimum atomic E-state index is -0.689. The van der Waals surface area contributed by atoms with Gasteiger partial charge in [0, 0.05) is 30.4 Å². The van der Waals surface area contributed by atoms with Gasteiger partial charge in [0.2, 0.25) is 11.8 Å². The number of H-pyrrole nitrogens is 4. The van der Waals surface area contributed by atoms with Crippen molar-refractivity contribution in [2.45, 2.75) is 218 Å². The van der Waals surface area contributed by atoms with E-state index in [1.807, 2.05) is 30.6 Å². The summed E-state index contributed by atoms with van der Waals surface area (Å²) >= 11 is 0. The maximum absolute atomic E-state index is 13.9. The van der Waals surface area contributed by atoms with Crippen LogP contribution in [-0.2, 0) is 25.2 Å². The van der Waals surface area contributed by atoms with Gasteiger partial charge in [0.1, 0.15) is 29.3 Å². The third-order valence-electron chi connectivity index (χ3n) is 23.7. The molecule has 546 valence electrons. The van der Waals surface area contributed by atoms with Crippen LogP contribution >= 0.6 is 0 Å². The second-order valence-corrected chi connectivity index (χ2v) is 33.3. The largest absolute Gasteiger partial charge is 0.453 e. The van der Waals surface area contributed by atoms with Gasteiger partial charge in [0.05, 0.1) is 99.6 Å². The number of nitrogens with zero attached hydrogens (tertiary/aromatic N) is 8. The summed E-state index contributed by atoms with van der Waals surface area (Å²) in [4.78, 5) is 83.3. The molecule has 10 aromatic rings. The molecule has 104 heavy (non-hydrogen) atoms. The van der Waals surface area contributed by atoms with Gasteiger partial charge in [0.15, 0.2) is 0 Å². The molecule has 6 aliphatic rings. The molecule has 0 bridgehead atoms. The van der Waals surface area contributed by atoms with E-state index >= 15 is 0 Å². The first-order chi connectivity index (χ1) is 50.0. The Kier molecular flexibility index (Phi) is 19.5. The summed E-state index contributed by atoms with van der Waals surface area (Å²) in [5.41, 5.74) is 18.5. The third kappa shape index (κ3) is 14.0. The number of amides is 3. The number of ether oxygens (including phenoxy) is 1. The molecule has 0 spiro atoms. The Hall–Kier alpha value is -9.07. The Morgan fingerprint density at radius 2 is 0.788 bits per heavy atom. The molecule has 6 unspecified atom stereocenters. The van der Waals surface area contributed by atoms with Crippen molar-refractivity contribution in [2.75, 3.05) is 43.1 Å². The monoisotopic (exact) mass is 1400 g/mol. The number of benzene rings is 6. The maximum atomic E-state index is 13.9. The summed E-state index contributed by atoms with van der Waals surface area (Å²) in [6.45, 7) is 27.3. The van der Waals surface area contributed by atoms with E-state index in [0.29, 0.717) is 18.6 Å². The fourth-order valence-electron chi connectivity index (χ4n) is 17.5. The lowest BCUT2D eigenvalue weighted by Gasteiger charge is -2.34. The van der Waals surface area contributed by atoms with Gasteiger partial charge in [-0.15, -0.1) is 0 Å². The molecule has 6 aromatic carbocycles. The van der Waals surface area contributed by atoms with Gasteiger partial charge in [-0.1, -0.05) is 125 Å². The van der Waals surface area contributed by atoms with E-state index in [-0.39, 0.29) is 76.6 Å². The lowest BCUT2D eigenvalue weighted by atomic mass is 9.87. The van der Waals surface area contributed by atoms with Crippen LogP contribution in [0.25, 0.3) is 44.1 Å². The molecule has 4 aromatic heterocycles. The highest BCUT2D eigenvalue weighted by molar-refractivity contribution is 5.87. The first-order valence-electron chi connectivity index (χ1n) is 38.7. The maximum Gasteiger partial charge on any atom is 0.407 e. The van der Waals surface area contributed by atoms with Crippen molar-refractivity contribution >= 4 is 73.4 Å². The Morgan fingerprint density at radius 3 is 1.12 bits per heavy atom. The second-order valence-electron chi connectivity index (χ2n) is 33.3. The smallest absolute Gasteiger partial charge is 0.407 e. The lowest BCUT2D eigenvalue weighted by molar-refractivity contribution is -0.137. The van der Waals surface area contributed by atoms with Crippen molar-refractivity contribution in [2.24, 2.45) is 17.8 Å². The predicted molar refractivity (Wildman–Crippen MR) is 415 cm³/mol. The standard InChI is InChI=1S/C49H64N8O4.C36H43N7/c1-28(2)30(5)46(58)55-24-10-12-41(55)44-50-35-20-14-31(26-37(35)52-44)39-22-23-40(57(39)34-18-16-33(17-19-34)49(6,7)8)32-15-21-36-38(27-32)53-45(51-36)42-13-11-25-56(42)47(59)43(29(3)4)54-48(60)61-9;1-36(2,3)24-10-12-25(13-11-24)43-32(22-8-14-26-30(20-22)41-34(39-26)28-6-4-18-37-28)16-17-33(43)23-9-15-27-31(21-23)42-35(40-27)29-7-5-19-38-29/h14-21,26-30,39-43H,10-13,22-25H2,1-9H3,(H,50,52)(H,51,53)(H,54,60);8-15,20-21,28-29,32-33,37-38H,4-7,16-19H2,1-3H3,(H,39,41)(H,40,42)/t30-,39?,40?,41-,42?,43-;28-,29?,32?,33?/m00/s1. The number of rotatable bonds is 15. The number of nitrogens with one attached hydrogen (secondary N) is 7. The molecule has 10 atom stereocenters. The molecule has 19 heteroatoms. The average molecular weight is 1400 g/mol. The first-order valence-corrected chi connectivity index (χ1v) is 38.7. The van der Waals surface area contributed by atoms with Gasteiger partial charge in [-0.3, -0.25) is 9.59 Å². The Morgan fingerprint density at radius 1 is 0.433 bits per heavy atom. The van der Waals surface area contributed by atoms with Gasteiger partial charge in [-0.2, -0.15) is 0 Å². The minimum Gasteiger partial charge on any atom is -0.453 e. The van der Waals surface area contributed by atoms with E-state index in [2.05, 4.69) is 222 Å². The molecular weight excluding hydrogens is 1300 g/mol. The molecule has 0 saturated carbocycles. The van der Waals surface area contributed by atoms with E-state index in [0.717, 1.165) is 151 Å². The number of anilines is 2. The van der Waals surface area contributed by atoms with E-state index in [1.165, 1.54) is 64.7 Å². The highest BCUT2D eigenvalue weighted by atomic mass is 16.5. The number of methoxy groups -OCH3 is 1. The molecule has 6 saturated heterocycles. The fourth-order valence-corrected chi connectivity index (χ4v) is 17.5. The summed E-state index contributed by atoms with van der Waals surface area (Å²) in [5, 5.41) is 9.93. The van der Waals surface area contributed by atoms with E-state index < -0.39 is 12.1 Å². The van der Waals surface area contributed by atoms with E-state index in [4.69, 9.17) is 24.7 Å². The number of aromatic nitrogens is 8. The van der Waals surface area contributed by atoms with Crippen LogP contribution in [0.4, 0.5) is 16.2 Å². The van der Waals surface area contributed by atoms with Crippen molar-refractivity contribution in [1.82, 2.24) is 65.6 Å². The molecule has 10 heterocycles. The number of carbonyl (C=O) groups is 3. The van der Waals surface area contributed by atoms with Crippen LogP contribution in [0.1, 0.15) is 258 Å². The summed E-state index contributed by atoms with van der Waals surface area (Å²) < 4.78 is 4.83. The summed E-state index contributed by atoms with van der Waals surface area (Å²) in [6, 6.07) is 45.9. The predicted octanol–water partition coefficient (Wildman–Crippen LogP) is 17.5. The number of likely N-dealkylation sites (tertiary alicyclic amines) is 2. The Labute approximate surface area is 612 Å². The fraction of sp³-hybridized carbons (Fsp3) is 0.494. The summed E-state index contributed by atoms with van der Waals surface area (Å²) in [5.74, 6) is 4.04. The van der Waals surface area contributed by atoms with Gasteiger partial charge in [0.25, 0.3) is 0 Å². The number of aromatic amines is 4. The minimum absolute atomic E-state index is 0.0273. The van der Waals surface area contributed by atoms with Crippen LogP contribution in [0.2, 0.25) is 0 Å². The molecule has 0 radical (unpaired) electrons. The Balaban J connectivity index is 0.000000177. The SMILES string of the molecule is CC(C)(C)c1ccc(N2C(c3ccc4nc(C5CCCN5)[nH]c4c3)CCC2c2ccc3nc([C@@H]4CCCN4)[nH]c3c2)cc1.COC(=O)N[C@H](C(=O)N1CCCC1c1nc2ccc(C3CCC(c4ccc5nc([C@@H]6CCCN6C(=O)[C@@H](C)C(C)C)[nH]c5c4)N3c3ccc(C(C)(C)C)cc3)cc2[nH]1)C(C)C. The lowest BCUT2D eigenvalue weighted by Crippen LogP contribution is -2.51. The highest BCUT2D eigenvalue weighted by Gasteiger charge is 2.42. The highest BCUT2D eigenvalue weighted by Crippen LogP contribution is 2.51. The van der Waals surface area contributed by atoms with E-state index in [9.17, 15) is 14.4 Å². The van der Waals surface area contributed by atoms with Gasteiger partial charge >= 0.3 is 6.09 Å². The molecule has 19 nitrogen and oxygen atoms in total. The molecule has 6 aliphatic heterocycles. The average Bonchev–Trinajstić information content (AvgIpc) is 1.41. The molecular formula is C85H107N15O4. The van der Waals surface area contributed by atoms with Crippen LogP contribution in [0.15, 0.2) is 121 Å². The number of alkyl carbamates (subject to hydrolysis) is 1. The van der Waals surface area contributed by atoms with Gasteiger partial charge in [-0.25, -0.2) is 24.7 Å². The molecule has 7 N–H and O–H groups in total. The zero-order valence-corrected chi connectivity index (χ0v) is 63.0. The molecule has 6 fully saturated rings. The zero-order valence-electron chi connectivity index (χ0n) is 63.0. The topological polar surface area (TPSA) is 224 Å². The van der Waals surface area contributed by atoms with Gasteiger partial charge < -0.3 is 60.2 Å². The van der Waals surface area contributed by atoms with Crippen LogP contribution in [0.3, 0.4) is 0 Å². The normalized spacial score (nSPS) is 23.0. The molecule has 0 aliphatic carbocycles. The van der Waals surface area contributed by atoms with Crippen molar-refractivity contribution in [3.05, 3.63) is 178 Å². The second kappa shape index (κ2) is 28.8. The van der Waals surface area contributed by atoms with Crippen molar-refractivity contribution < 1.29 is 19.1 Å².